The highest BCUT2D eigenvalue weighted by molar-refractivity contribution is 6.38. The van der Waals surface area contributed by atoms with Crippen LogP contribution >= 0.6 is 0 Å². The molecule has 0 amide bonds. The van der Waals surface area contributed by atoms with Crippen LogP contribution in [0.25, 0.3) is 0 Å². The van der Waals surface area contributed by atoms with Crippen LogP contribution in [0, 0.1) is 5.92 Å². The molecule has 76 valence electrons. The number of hydrogen-bond donors (Lipinski definition) is 0. The van der Waals surface area contributed by atoms with Gasteiger partial charge in [0.25, 0.3) is 0 Å². The van der Waals surface area contributed by atoms with Crippen LogP contribution in [0.15, 0.2) is 0 Å². The van der Waals surface area contributed by atoms with Gasteiger partial charge in [0.05, 0.1) is 0 Å². The summed E-state index contributed by atoms with van der Waals surface area (Å²) < 4.78 is 0. The van der Waals surface area contributed by atoms with Gasteiger partial charge in [-0.1, -0.05) is 70.9 Å². The van der Waals surface area contributed by atoms with E-state index >= 15 is 0 Å². The first-order chi connectivity index (χ1) is 6.29. The summed E-state index contributed by atoms with van der Waals surface area (Å²) in [5.74, 6) is 1.04. The predicted molar refractivity (Wildman–Crippen MR) is 62.9 cm³/mol. The smallest absolute Gasteiger partial charge is 0.0888 e. The predicted octanol–water partition coefficient (Wildman–Crippen LogP) is 4.03. The zero-order chi connectivity index (χ0) is 9.73. The van der Waals surface area contributed by atoms with Crippen LogP contribution in [0.2, 0.25) is 12.1 Å². The standard InChI is InChI=1S/C12H25B/c1-4-12(5-2,13-3)11-9-7-6-8-10-11/h11,13H,4-10H2,1-3H3. The van der Waals surface area contributed by atoms with Gasteiger partial charge in [0.2, 0.25) is 0 Å². The SMILES string of the molecule is CBC(CC)(CC)C1CCCCC1. The monoisotopic (exact) mass is 180 g/mol. The van der Waals surface area contributed by atoms with Crippen molar-refractivity contribution in [2.75, 3.05) is 0 Å². The van der Waals surface area contributed by atoms with Crippen LogP contribution in [0.4, 0.5) is 0 Å². The fraction of sp³-hybridized carbons (Fsp3) is 1.00. The van der Waals surface area contributed by atoms with Crippen molar-refractivity contribution in [1.82, 2.24) is 0 Å². The number of rotatable bonds is 4. The van der Waals surface area contributed by atoms with Crippen LogP contribution < -0.4 is 0 Å². The Morgan fingerprint density at radius 1 is 1.08 bits per heavy atom. The molecule has 1 fully saturated rings. The second-order valence-electron chi connectivity index (χ2n) is 4.76. The van der Waals surface area contributed by atoms with Gasteiger partial charge in [-0.2, -0.15) is 0 Å². The molecule has 0 unspecified atom stereocenters. The van der Waals surface area contributed by atoms with Crippen molar-refractivity contribution in [3.05, 3.63) is 0 Å². The summed E-state index contributed by atoms with van der Waals surface area (Å²) in [6.45, 7) is 7.17. The molecule has 1 aliphatic carbocycles. The van der Waals surface area contributed by atoms with Gasteiger partial charge < -0.3 is 0 Å². The number of hydrogen-bond acceptors (Lipinski definition) is 0. The first-order valence-corrected chi connectivity index (χ1v) is 6.29. The van der Waals surface area contributed by atoms with Gasteiger partial charge in [-0.15, -0.1) is 0 Å². The van der Waals surface area contributed by atoms with Crippen LogP contribution in [0.1, 0.15) is 58.8 Å². The molecule has 0 aliphatic heterocycles. The highest BCUT2D eigenvalue weighted by atomic mass is 14.3. The van der Waals surface area contributed by atoms with E-state index in [-0.39, 0.29) is 0 Å². The maximum Gasteiger partial charge on any atom is 0.125 e. The van der Waals surface area contributed by atoms with Crippen LogP contribution in [0.5, 0.6) is 0 Å². The molecule has 1 heteroatoms. The molecule has 1 aliphatic rings. The fourth-order valence-corrected chi connectivity index (χ4v) is 3.33. The van der Waals surface area contributed by atoms with Crippen molar-refractivity contribution in [2.45, 2.75) is 70.9 Å². The second-order valence-corrected chi connectivity index (χ2v) is 4.76. The Hall–Kier alpha value is 0.0649. The third-order valence-corrected chi connectivity index (χ3v) is 4.58. The highest BCUT2D eigenvalue weighted by Gasteiger charge is 2.34. The van der Waals surface area contributed by atoms with Gasteiger partial charge in [0.1, 0.15) is 7.28 Å². The molecule has 13 heavy (non-hydrogen) atoms. The maximum absolute atomic E-state index is 2.39. The molecule has 1 saturated carbocycles. The molecular formula is C12H25B. The largest absolute Gasteiger partial charge is 0.125 e. The molecule has 0 radical (unpaired) electrons. The minimum absolute atomic E-state index is 0.695. The Labute approximate surface area is 84.7 Å². The summed E-state index contributed by atoms with van der Waals surface area (Å²) >= 11 is 0. The van der Waals surface area contributed by atoms with Crippen molar-refractivity contribution in [2.24, 2.45) is 5.92 Å². The molecule has 0 bridgehead atoms. The molecular weight excluding hydrogens is 155 g/mol. The van der Waals surface area contributed by atoms with E-state index in [4.69, 9.17) is 0 Å². The van der Waals surface area contributed by atoms with E-state index in [1.165, 1.54) is 52.2 Å². The fourth-order valence-electron chi connectivity index (χ4n) is 3.33. The van der Waals surface area contributed by atoms with Crippen LogP contribution in [-0.2, 0) is 0 Å². The third kappa shape index (κ3) is 2.30. The topological polar surface area (TPSA) is 0 Å². The average molecular weight is 180 g/mol. The van der Waals surface area contributed by atoms with Gasteiger partial charge in [0, 0.05) is 0 Å². The lowest BCUT2D eigenvalue weighted by atomic mass is 9.44. The average Bonchev–Trinajstić information content (AvgIpc) is 2.23. The Morgan fingerprint density at radius 3 is 2.00 bits per heavy atom. The van der Waals surface area contributed by atoms with E-state index in [0.29, 0.717) is 5.31 Å². The molecule has 0 atom stereocenters. The highest BCUT2D eigenvalue weighted by Crippen LogP contribution is 2.48. The van der Waals surface area contributed by atoms with E-state index < -0.39 is 0 Å². The van der Waals surface area contributed by atoms with Gasteiger partial charge in [0.15, 0.2) is 0 Å². The summed E-state index contributed by atoms with van der Waals surface area (Å²) in [4.78, 5) is 0. The summed E-state index contributed by atoms with van der Waals surface area (Å²) in [6.07, 6.45) is 10.3. The zero-order valence-electron chi connectivity index (χ0n) is 9.73. The summed E-state index contributed by atoms with van der Waals surface area (Å²) in [7, 11) is 1.39. The van der Waals surface area contributed by atoms with Crippen molar-refractivity contribution in [3.63, 3.8) is 0 Å². The molecule has 0 nitrogen and oxygen atoms in total. The summed E-state index contributed by atoms with van der Waals surface area (Å²) in [5, 5.41) is 0.695. The molecule has 0 spiro atoms. The molecule has 0 saturated heterocycles. The van der Waals surface area contributed by atoms with E-state index in [1.54, 1.807) is 0 Å². The van der Waals surface area contributed by atoms with Crippen molar-refractivity contribution >= 4 is 7.28 Å². The lowest BCUT2D eigenvalue weighted by molar-refractivity contribution is 0.249. The zero-order valence-corrected chi connectivity index (χ0v) is 9.73. The van der Waals surface area contributed by atoms with Gasteiger partial charge in [-0.3, -0.25) is 0 Å². The summed E-state index contributed by atoms with van der Waals surface area (Å²) in [5.41, 5.74) is 0. The second kappa shape index (κ2) is 5.07. The van der Waals surface area contributed by atoms with Crippen molar-refractivity contribution in [3.8, 4) is 0 Å². The Morgan fingerprint density at radius 2 is 1.62 bits per heavy atom. The van der Waals surface area contributed by atoms with Gasteiger partial charge in [-0.05, 0) is 5.92 Å². The van der Waals surface area contributed by atoms with Gasteiger partial charge >= 0.3 is 0 Å². The van der Waals surface area contributed by atoms with E-state index in [0.717, 1.165) is 5.92 Å². The lowest BCUT2D eigenvalue weighted by Gasteiger charge is -2.41. The molecule has 1 rings (SSSR count). The minimum atomic E-state index is 0.695. The van der Waals surface area contributed by atoms with Crippen molar-refractivity contribution in [1.29, 1.82) is 0 Å². The van der Waals surface area contributed by atoms with E-state index in [2.05, 4.69) is 20.7 Å². The van der Waals surface area contributed by atoms with E-state index in [9.17, 15) is 0 Å². The first-order valence-electron chi connectivity index (χ1n) is 6.29. The Balaban J connectivity index is 2.60. The molecule has 0 N–H and O–H groups in total. The van der Waals surface area contributed by atoms with Crippen molar-refractivity contribution < 1.29 is 0 Å². The van der Waals surface area contributed by atoms with E-state index in [1.807, 2.05) is 0 Å². The Kier molecular flexibility index (Phi) is 4.35. The third-order valence-electron chi connectivity index (χ3n) is 4.58. The lowest BCUT2D eigenvalue weighted by Crippen LogP contribution is -2.29. The van der Waals surface area contributed by atoms with Gasteiger partial charge in [-0.25, -0.2) is 0 Å². The molecule has 0 aromatic carbocycles. The van der Waals surface area contributed by atoms with Crippen LogP contribution in [0.3, 0.4) is 0 Å². The normalized spacial score (nSPS) is 20.2. The minimum Gasteiger partial charge on any atom is -0.0888 e. The molecule has 0 heterocycles. The molecule has 0 aromatic rings. The maximum atomic E-state index is 2.39. The first kappa shape index (κ1) is 11.1. The molecule has 0 aromatic heterocycles. The quantitative estimate of drug-likeness (QED) is 0.573. The summed E-state index contributed by atoms with van der Waals surface area (Å²) in [6, 6.07) is 0. The van der Waals surface area contributed by atoms with Crippen LogP contribution in [-0.4, -0.2) is 7.28 Å². The Bertz CT molecular complexity index is 124.